The number of aliphatic hydroxyl groups excluding tert-OH is 3. The molecule has 1 aromatic carbocycles. The van der Waals surface area contributed by atoms with E-state index in [1.54, 1.807) is 58.4 Å². The minimum Gasteiger partial charge on any atom is -0.459 e. The van der Waals surface area contributed by atoms with Gasteiger partial charge in [0.2, 0.25) is 0 Å². The van der Waals surface area contributed by atoms with Gasteiger partial charge in [-0.3, -0.25) is 19.6 Å². The number of likely N-dealkylation sites (N-methyl/N-ethyl adjacent to an activating group) is 2. The molecular weight excluding hydrogens is 909 g/mol. The summed E-state index contributed by atoms with van der Waals surface area (Å²) in [6, 6.07) is 5.53. The minimum absolute atomic E-state index is 0.0578. The topological polar surface area (TPSA) is 254 Å². The third-order valence-electron chi connectivity index (χ3n) is 15.4. The number of rotatable bonds is 15. The summed E-state index contributed by atoms with van der Waals surface area (Å²) in [6.07, 6.45) is -5.20. The van der Waals surface area contributed by atoms with Crippen LogP contribution in [-0.2, 0) is 52.6 Å². The van der Waals surface area contributed by atoms with E-state index in [0.717, 1.165) is 24.1 Å². The number of nitro benzene ring substituents is 1. The Morgan fingerprint density at radius 3 is 2.27 bits per heavy atom. The second-order valence-electron chi connectivity index (χ2n) is 21.4. The predicted octanol–water partition coefficient (Wildman–Crippen LogP) is 3.65. The third-order valence-corrected chi connectivity index (χ3v) is 15.4. The van der Waals surface area contributed by atoms with Crippen LogP contribution >= 0.6 is 0 Å². The van der Waals surface area contributed by atoms with Crippen LogP contribution in [0.1, 0.15) is 113 Å². The Morgan fingerprint density at radius 1 is 0.971 bits per heavy atom. The number of methoxy groups -OCH3 is 1. The number of carbonyl (C=O) groups excluding carboxylic acids is 1. The number of aryl methyl sites for hydroxylation is 2. The maximum absolute atomic E-state index is 14.5. The van der Waals surface area contributed by atoms with E-state index in [0.29, 0.717) is 32.5 Å². The molecule has 0 aliphatic carbocycles. The van der Waals surface area contributed by atoms with Crippen LogP contribution in [-0.4, -0.2) is 186 Å². The zero-order chi connectivity index (χ0) is 52.0. The summed E-state index contributed by atoms with van der Waals surface area (Å²) >= 11 is 0. The fourth-order valence-corrected chi connectivity index (χ4v) is 10.9. The van der Waals surface area contributed by atoms with Gasteiger partial charge in [0, 0.05) is 75.9 Å². The van der Waals surface area contributed by atoms with Crippen molar-refractivity contribution in [1.29, 1.82) is 0 Å². The first-order valence-corrected chi connectivity index (χ1v) is 25.1. The van der Waals surface area contributed by atoms with Gasteiger partial charge in [-0.15, -0.1) is 5.10 Å². The second-order valence-corrected chi connectivity index (χ2v) is 21.4. The summed E-state index contributed by atoms with van der Waals surface area (Å²) in [7, 11) is 5.25. The minimum atomic E-state index is -1.84. The Hall–Kier alpha value is -3.25. The van der Waals surface area contributed by atoms with E-state index in [1.165, 1.54) is 26.2 Å². The summed E-state index contributed by atoms with van der Waals surface area (Å²) < 4.78 is 40.0. The van der Waals surface area contributed by atoms with Gasteiger partial charge in [0.05, 0.1) is 52.2 Å². The van der Waals surface area contributed by atoms with Gasteiger partial charge in [0.15, 0.2) is 12.6 Å². The molecule has 3 aliphatic heterocycles. The van der Waals surface area contributed by atoms with E-state index in [9.17, 15) is 40.4 Å². The fraction of sp³-hybridized carbons (Fsp3) is 0.820. The molecule has 70 heavy (non-hydrogen) atoms. The predicted molar refractivity (Wildman–Crippen MR) is 258 cm³/mol. The van der Waals surface area contributed by atoms with Crippen LogP contribution in [0.5, 0.6) is 0 Å². The molecule has 20 nitrogen and oxygen atoms in total. The van der Waals surface area contributed by atoms with Crippen LogP contribution in [0.2, 0.25) is 0 Å². The number of esters is 1. The number of ether oxygens (including phenoxy) is 6. The Bertz CT molecular complexity index is 1970. The van der Waals surface area contributed by atoms with Crippen molar-refractivity contribution in [3.63, 3.8) is 0 Å². The summed E-state index contributed by atoms with van der Waals surface area (Å²) in [4.78, 5) is 29.0. The highest BCUT2D eigenvalue weighted by Gasteiger charge is 2.53. The molecule has 0 saturated carbocycles. The number of hydrogen-bond acceptors (Lipinski definition) is 18. The molecule has 0 radical (unpaired) electrons. The molecule has 2 aromatic rings. The Labute approximate surface area is 414 Å². The van der Waals surface area contributed by atoms with E-state index in [2.05, 4.69) is 10.3 Å². The van der Waals surface area contributed by atoms with Gasteiger partial charge in [-0.1, -0.05) is 38.1 Å². The van der Waals surface area contributed by atoms with Crippen LogP contribution < -0.4 is 0 Å². The van der Waals surface area contributed by atoms with E-state index >= 15 is 0 Å². The number of nitro groups is 1. The van der Waals surface area contributed by atoms with Crippen molar-refractivity contribution in [2.45, 2.75) is 211 Å². The van der Waals surface area contributed by atoms with Crippen molar-refractivity contribution in [2.24, 2.45) is 17.8 Å². The van der Waals surface area contributed by atoms with Crippen molar-refractivity contribution < 1.29 is 63.7 Å². The molecule has 3 fully saturated rings. The smallest absolute Gasteiger partial charge is 0.311 e. The molecule has 3 aliphatic rings. The average Bonchev–Trinajstić information content (AvgIpc) is 3.76. The maximum atomic E-state index is 14.5. The van der Waals surface area contributed by atoms with Gasteiger partial charge >= 0.3 is 5.97 Å². The Morgan fingerprint density at radius 2 is 1.64 bits per heavy atom. The van der Waals surface area contributed by atoms with Crippen LogP contribution in [0.3, 0.4) is 0 Å². The van der Waals surface area contributed by atoms with Crippen LogP contribution in [0.25, 0.3) is 0 Å². The molecule has 4 heterocycles. The molecule has 0 bridgehead atoms. The van der Waals surface area contributed by atoms with Crippen molar-refractivity contribution in [2.75, 3.05) is 34.3 Å². The molecule has 5 N–H and O–H groups in total. The van der Waals surface area contributed by atoms with E-state index in [-0.39, 0.29) is 37.0 Å². The van der Waals surface area contributed by atoms with Gasteiger partial charge in [-0.2, -0.15) is 0 Å². The first kappa shape index (κ1) is 57.6. The van der Waals surface area contributed by atoms with Crippen molar-refractivity contribution in [1.82, 2.24) is 24.8 Å². The highest BCUT2D eigenvalue weighted by atomic mass is 16.7. The number of non-ortho nitro benzene ring substituents is 1. The van der Waals surface area contributed by atoms with E-state index in [1.807, 2.05) is 50.9 Å². The first-order chi connectivity index (χ1) is 32.7. The molecule has 20 heteroatoms. The molecule has 0 spiro atoms. The lowest BCUT2D eigenvalue weighted by Crippen LogP contribution is -2.61. The SMILES string of the molecule is CC[C@H]1OC(=O)[C@H](C)[C@@H](O[C@H]2C[C@@](C)(OC)[C@@H](O)[C@H](C)O2)[C@H](C)[C@@H](O[C@@H]2O[C@H](C)C[C@H](N(C)CCc3cn(CCCc4ccc([N+](=O)[O-])cc4)nn3)[C@H]2O)[C@](C)(O)C[C@@H](C)CN(C)[C@H](C)[C@@H](O)[C@]1(C)O. The summed E-state index contributed by atoms with van der Waals surface area (Å²) in [5, 5.41) is 79.3. The first-order valence-electron chi connectivity index (χ1n) is 25.1. The monoisotopic (exact) mass is 993 g/mol. The summed E-state index contributed by atoms with van der Waals surface area (Å²) in [6.45, 7) is 19.0. The molecular formula is C50H84N6O14. The highest BCUT2D eigenvalue weighted by molar-refractivity contribution is 5.73. The number of carbonyl (C=O) groups is 1. The fourth-order valence-electron chi connectivity index (χ4n) is 10.9. The number of nitrogens with zero attached hydrogens (tertiary/aromatic N) is 6. The molecule has 18 atom stereocenters. The molecule has 0 amide bonds. The zero-order valence-electron chi connectivity index (χ0n) is 43.7. The van der Waals surface area contributed by atoms with Gasteiger partial charge in [0.1, 0.15) is 30.0 Å². The van der Waals surface area contributed by atoms with E-state index < -0.39 is 107 Å². The standard InChI is InChI=1S/C50H84N6O14/c1-14-39-50(10,62)43(58)33(6)54(12)27-29(2)25-48(8,61)45(31(4)42(32(5)46(60)68-39)69-40-26-49(9,65-13)44(59)34(7)67-40)70-47-41(57)38(24-30(3)66-47)53(11)23-21-36-28-55(52-51-36)22-15-16-35-17-19-37(20-18-35)56(63)64/h17-20,28-34,38-45,47,57-59,61-62H,14-16,21-27H2,1-13H3/t29-,30-,31+,32-,33-,34+,38+,39-,40+,41-,42+,43-,44+,45-,47+,48-,49-,50-/m1/s1. The van der Waals surface area contributed by atoms with Gasteiger partial charge < -0.3 is 63.8 Å². The number of cyclic esters (lactones) is 1. The van der Waals surface area contributed by atoms with Crippen molar-refractivity contribution in [3.05, 3.63) is 51.8 Å². The summed E-state index contributed by atoms with van der Waals surface area (Å²) in [5.74, 6) is -2.81. The Kier molecular flexibility index (Phi) is 19.9. The van der Waals surface area contributed by atoms with Gasteiger partial charge in [-0.05, 0) is 106 Å². The van der Waals surface area contributed by atoms with Crippen LogP contribution in [0.4, 0.5) is 5.69 Å². The normalized spacial score (nSPS) is 39.8. The maximum Gasteiger partial charge on any atom is 0.311 e. The van der Waals surface area contributed by atoms with E-state index in [4.69, 9.17) is 28.4 Å². The zero-order valence-corrected chi connectivity index (χ0v) is 43.7. The molecule has 3 saturated heterocycles. The van der Waals surface area contributed by atoms with Crippen LogP contribution in [0, 0.1) is 27.9 Å². The van der Waals surface area contributed by atoms with Gasteiger partial charge in [0.25, 0.3) is 5.69 Å². The number of aliphatic hydroxyl groups is 5. The van der Waals surface area contributed by atoms with Crippen LogP contribution in [0.15, 0.2) is 30.5 Å². The number of hydrogen-bond donors (Lipinski definition) is 5. The highest BCUT2D eigenvalue weighted by Crippen LogP contribution is 2.40. The second kappa shape index (κ2) is 24.2. The Balaban J connectivity index is 1.40. The molecule has 5 rings (SSSR count). The molecule has 1 aromatic heterocycles. The molecule has 398 valence electrons. The number of benzene rings is 1. The lowest BCUT2D eigenvalue weighted by Gasteiger charge is -2.49. The van der Waals surface area contributed by atoms with Crippen molar-refractivity contribution in [3.8, 4) is 0 Å². The summed E-state index contributed by atoms with van der Waals surface area (Å²) in [5.41, 5.74) is -2.71. The third kappa shape index (κ3) is 13.9. The lowest BCUT2D eigenvalue weighted by atomic mass is 9.77. The lowest BCUT2D eigenvalue weighted by molar-refractivity contribution is -0.384. The molecule has 0 unspecified atom stereocenters. The van der Waals surface area contributed by atoms with Gasteiger partial charge in [-0.25, -0.2) is 0 Å². The van der Waals surface area contributed by atoms with Crippen molar-refractivity contribution >= 4 is 11.7 Å². The average molecular weight is 993 g/mol. The number of aromatic nitrogens is 3. The largest absolute Gasteiger partial charge is 0.459 e. The quantitative estimate of drug-likeness (QED) is 0.0970.